The Morgan fingerprint density at radius 2 is 1.77 bits per heavy atom. The third-order valence-electron chi connectivity index (χ3n) is 9.07. The molecule has 6 rings (SSSR count). The van der Waals surface area contributed by atoms with E-state index in [4.69, 9.17) is 14.2 Å². The van der Waals surface area contributed by atoms with E-state index >= 15 is 0 Å². The van der Waals surface area contributed by atoms with Crippen molar-refractivity contribution in [2.75, 3.05) is 32.2 Å². The molecule has 2 aliphatic rings. The number of fused-ring (bicyclic) bond motifs is 3. The maximum absolute atomic E-state index is 14.3. The van der Waals surface area contributed by atoms with Gasteiger partial charge in [-0.15, -0.1) is 11.3 Å². The molecule has 1 aliphatic heterocycles. The highest BCUT2D eigenvalue weighted by Gasteiger charge is 2.42. The Balaban J connectivity index is 1.35. The van der Waals surface area contributed by atoms with Crippen LogP contribution < -0.4 is 20.7 Å². The average molecular weight is 727 g/mol. The number of carbonyl (C=O) groups is 4. The molecule has 3 heterocycles. The zero-order valence-corrected chi connectivity index (χ0v) is 30.6. The lowest BCUT2D eigenvalue weighted by Gasteiger charge is -2.20. The van der Waals surface area contributed by atoms with Crippen LogP contribution in [-0.4, -0.2) is 66.4 Å². The first kappa shape index (κ1) is 36.5. The maximum atomic E-state index is 14.3. The van der Waals surface area contributed by atoms with Crippen LogP contribution >= 0.6 is 11.3 Å². The number of aliphatic hydroxyl groups excluding tert-OH is 1. The summed E-state index contributed by atoms with van der Waals surface area (Å²) in [6.45, 7) is 8.15. The molecule has 0 spiro atoms. The topological polar surface area (TPSA) is 165 Å². The third-order valence-corrected chi connectivity index (χ3v) is 10.1. The van der Waals surface area contributed by atoms with E-state index in [2.05, 4.69) is 20.9 Å². The van der Waals surface area contributed by atoms with Crippen molar-refractivity contribution in [2.24, 2.45) is 5.41 Å². The lowest BCUT2D eigenvalue weighted by molar-refractivity contribution is 0.0522. The van der Waals surface area contributed by atoms with E-state index in [1.807, 2.05) is 24.4 Å². The molecule has 0 unspecified atom stereocenters. The van der Waals surface area contributed by atoms with Crippen molar-refractivity contribution in [3.8, 4) is 27.3 Å². The number of methoxy groups -OCH3 is 1. The molecule has 0 atom stereocenters. The van der Waals surface area contributed by atoms with Crippen LogP contribution in [0.5, 0.6) is 5.75 Å². The number of aromatic nitrogens is 1. The van der Waals surface area contributed by atoms with Crippen molar-refractivity contribution < 1.29 is 38.5 Å². The van der Waals surface area contributed by atoms with Gasteiger partial charge in [-0.3, -0.25) is 9.59 Å². The van der Waals surface area contributed by atoms with E-state index in [0.717, 1.165) is 40.0 Å². The number of esters is 1. The first-order valence-corrected chi connectivity index (χ1v) is 17.9. The molecule has 272 valence electrons. The van der Waals surface area contributed by atoms with Gasteiger partial charge in [-0.25, -0.2) is 14.6 Å². The molecule has 3 amide bonds. The molecule has 1 fully saturated rings. The molecule has 0 radical (unpaired) electrons. The third kappa shape index (κ3) is 8.11. The predicted octanol–water partition coefficient (Wildman–Crippen LogP) is 6.29. The molecule has 1 saturated carbocycles. The monoisotopic (exact) mass is 726 g/mol. The quantitative estimate of drug-likeness (QED) is 0.138. The highest BCUT2D eigenvalue weighted by Crippen LogP contribution is 2.45. The summed E-state index contributed by atoms with van der Waals surface area (Å²) >= 11 is 1.55. The van der Waals surface area contributed by atoms with Crippen LogP contribution in [0, 0.1) is 12.3 Å². The SMILES string of the molecule is COC(=O)c1nc(C(=O)NCC2(CO)CC2)ccc1-c1cc2c(cc1C(=O)Nc1ccc(CNC(=O)OC(C)(C)C)cc1C)-c1sccc1CCO2. The fourth-order valence-corrected chi connectivity index (χ4v) is 6.94. The second-order valence-electron chi connectivity index (χ2n) is 14.2. The number of hydrogen-bond donors (Lipinski definition) is 4. The zero-order valence-electron chi connectivity index (χ0n) is 29.8. The molecule has 2 aromatic carbocycles. The van der Waals surface area contributed by atoms with Gasteiger partial charge in [0.2, 0.25) is 0 Å². The van der Waals surface area contributed by atoms with Gasteiger partial charge in [-0.05, 0) is 99.0 Å². The molecule has 1 aliphatic carbocycles. The first-order valence-electron chi connectivity index (χ1n) is 17.0. The summed E-state index contributed by atoms with van der Waals surface area (Å²) in [5.41, 5.74) is 3.80. The number of rotatable bonds is 10. The predicted molar refractivity (Wildman–Crippen MR) is 197 cm³/mol. The number of pyridine rings is 1. The number of thiophene rings is 1. The molecule has 2 aromatic heterocycles. The minimum Gasteiger partial charge on any atom is -0.493 e. The van der Waals surface area contributed by atoms with Crippen molar-refractivity contribution in [2.45, 2.75) is 59.1 Å². The van der Waals surface area contributed by atoms with Crippen LogP contribution in [0.15, 0.2) is 53.9 Å². The number of aryl methyl sites for hydroxylation is 1. The Kier molecular flexibility index (Phi) is 10.4. The number of nitrogens with zero attached hydrogens (tertiary/aromatic N) is 1. The number of hydrogen-bond acceptors (Lipinski definition) is 10. The van der Waals surface area contributed by atoms with Crippen LogP contribution in [-0.2, 0) is 22.4 Å². The Morgan fingerprint density at radius 1 is 0.981 bits per heavy atom. The minimum absolute atomic E-state index is 0.00463. The van der Waals surface area contributed by atoms with E-state index in [1.54, 1.807) is 62.4 Å². The molecule has 4 aromatic rings. The van der Waals surface area contributed by atoms with Gasteiger partial charge in [-0.1, -0.05) is 12.1 Å². The van der Waals surface area contributed by atoms with Crippen molar-refractivity contribution in [1.29, 1.82) is 0 Å². The van der Waals surface area contributed by atoms with Gasteiger partial charge >= 0.3 is 12.1 Å². The van der Waals surface area contributed by atoms with Gasteiger partial charge in [0.25, 0.3) is 11.8 Å². The van der Waals surface area contributed by atoms with Crippen LogP contribution in [0.2, 0.25) is 0 Å². The zero-order chi connectivity index (χ0) is 37.2. The lowest BCUT2D eigenvalue weighted by Crippen LogP contribution is -2.32. The van der Waals surface area contributed by atoms with Gasteiger partial charge in [-0.2, -0.15) is 0 Å². The highest BCUT2D eigenvalue weighted by molar-refractivity contribution is 7.13. The smallest absolute Gasteiger partial charge is 0.407 e. The molecule has 4 N–H and O–H groups in total. The number of carbonyl (C=O) groups excluding carboxylic acids is 4. The Bertz CT molecular complexity index is 2050. The normalized spacial score (nSPS) is 14.1. The van der Waals surface area contributed by atoms with Gasteiger partial charge in [0.15, 0.2) is 5.69 Å². The van der Waals surface area contributed by atoms with Crippen LogP contribution in [0.25, 0.3) is 21.6 Å². The number of ether oxygens (including phenoxy) is 3. The van der Waals surface area contributed by atoms with Crippen LogP contribution in [0.1, 0.15) is 81.6 Å². The van der Waals surface area contributed by atoms with E-state index < -0.39 is 29.5 Å². The van der Waals surface area contributed by atoms with E-state index in [1.165, 1.54) is 13.2 Å². The van der Waals surface area contributed by atoms with E-state index in [0.29, 0.717) is 30.0 Å². The van der Waals surface area contributed by atoms with E-state index in [-0.39, 0.29) is 47.6 Å². The molecule has 12 nitrogen and oxygen atoms in total. The fourth-order valence-electron chi connectivity index (χ4n) is 5.96. The van der Waals surface area contributed by atoms with Gasteiger partial charge in [0, 0.05) is 57.7 Å². The highest BCUT2D eigenvalue weighted by atomic mass is 32.1. The summed E-state index contributed by atoms with van der Waals surface area (Å²) in [6.07, 6.45) is 1.79. The summed E-state index contributed by atoms with van der Waals surface area (Å²) in [6, 6.07) is 14.1. The number of anilines is 1. The Labute approximate surface area is 305 Å². The molecular formula is C39H42N4O8S. The van der Waals surface area contributed by atoms with Crippen molar-refractivity contribution in [1.82, 2.24) is 15.6 Å². The molecule has 0 saturated heterocycles. The lowest BCUT2D eigenvalue weighted by atomic mass is 9.93. The summed E-state index contributed by atoms with van der Waals surface area (Å²) in [5, 5.41) is 20.3. The van der Waals surface area contributed by atoms with Crippen molar-refractivity contribution in [3.63, 3.8) is 0 Å². The Morgan fingerprint density at radius 3 is 2.46 bits per heavy atom. The average Bonchev–Trinajstić information content (AvgIpc) is 3.80. The second-order valence-corrected chi connectivity index (χ2v) is 15.1. The second kappa shape index (κ2) is 14.8. The number of aliphatic hydroxyl groups is 1. The standard InChI is InChI=1S/C39H42N4O8S/c1-22-16-23(19-40-37(48)51-38(2,3)4)6-8-29(22)43-34(45)27-17-28-31(50-14-10-24-11-15-52-33(24)28)18-26(27)25-7-9-30(42-32(25)36(47)49-5)35(46)41-20-39(21-44)12-13-39/h6-9,11,15-18,44H,10,12-14,19-21H2,1-5H3,(H,40,48)(H,41,46)(H,43,45). The van der Waals surface area contributed by atoms with Gasteiger partial charge in [0.05, 0.1) is 20.3 Å². The van der Waals surface area contributed by atoms with Crippen molar-refractivity contribution in [3.05, 3.63) is 87.6 Å². The first-order chi connectivity index (χ1) is 24.8. The maximum Gasteiger partial charge on any atom is 0.407 e. The van der Waals surface area contributed by atoms with Crippen molar-refractivity contribution >= 4 is 40.9 Å². The largest absolute Gasteiger partial charge is 0.493 e. The fraction of sp³-hybridized carbons (Fsp3) is 0.359. The molecule has 13 heteroatoms. The Hall–Kier alpha value is -5.27. The summed E-state index contributed by atoms with van der Waals surface area (Å²) in [7, 11) is 1.22. The van der Waals surface area contributed by atoms with E-state index in [9.17, 15) is 24.3 Å². The molecule has 0 bridgehead atoms. The molecular weight excluding hydrogens is 685 g/mol. The molecule has 52 heavy (non-hydrogen) atoms. The summed E-state index contributed by atoms with van der Waals surface area (Å²) < 4.78 is 16.6. The summed E-state index contributed by atoms with van der Waals surface area (Å²) in [4.78, 5) is 58.2. The van der Waals surface area contributed by atoms with Gasteiger partial charge < -0.3 is 35.3 Å². The minimum atomic E-state index is -0.784. The number of alkyl carbamates (subject to hydrolysis) is 1. The number of benzene rings is 2. The van der Waals surface area contributed by atoms with Gasteiger partial charge in [0.1, 0.15) is 17.0 Å². The number of amides is 3. The number of nitrogens with one attached hydrogen (secondary N) is 3. The van der Waals surface area contributed by atoms with Crippen LogP contribution in [0.3, 0.4) is 0 Å². The summed E-state index contributed by atoms with van der Waals surface area (Å²) in [5.74, 6) is -1.18. The van der Waals surface area contributed by atoms with Crippen LogP contribution in [0.4, 0.5) is 10.5 Å².